The molecule has 0 aliphatic carbocycles. The van der Waals surface area contributed by atoms with Crippen molar-refractivity contribution < 1.29 is 19.1 Å². The molecule has 0 fully saturated rings. The Hall–Kier alpha value is -3.93. The van der Waals surface area contributed by atoms with Gasteiger partial charge in [0.15, 0.2) is 0 Å². The van der Waals surface area contributed by atoms with Crippen LogP contribution in [0.3, 0.4) is 0 Å². The molecular weight excluding hydrogens is 392 g/mol. The predicted molar refractivity (Wildman–Crippen MR) is 119 cm³/mol. The molecule has 6 heteroatoms. The van der Waals surface area contributed by atoms with Crippen molar-refractivity contribution in [2.24, 2.45) is 5.92 Å². The normalized spacial score (nSPS) is 13.7. The first kappa shape index (κ1) is 20.3. The van der Waals surface area contributed by atoms with Crippen LogP contribution in [-0.4, -0.2) is 17.7 Å². The number of fused-ring (bicyclic) bond motifs is 1. The second-order valence-electron chi connectivity index (χ2n) is 7.42. The van der Waals surface area contributed by atoms with Crippen molar-refractivity contribution in [2.45, 2.75) is 20.3 Å². The number of imide groups is 1. The number of anilines is 2. The lowest BCUT2D eigenvalue weighted by molar-refractivity contribution is -0.119. The molecule has 0 aromatic heterocycles. The maximum absolute atomic E-state index is 12.9. The summed E-state index contributed by atoms with van der Waals surface area (Å²) in [5.41, 5.74) is 1.80. The van der Waals surface area contributed by atoms with Crippen molar-refractivity contribution in [1.82, 2.24) is 0 Å². The summed E-state index contributed by atoms with van der Waals surface area (Å²) < 4.78 is 5.90. The van der Waals surface area contributed by atoms with Crippen LogP contribution in [0.5, 0.6) is 11.5 Å². The summed E-state index contributed by atoms with van der Waals surface area (Å²) in [6.45, 7) is 3.83. The molecule has 6 nitrogen and oxygen atoms in total. The Labute approximate surface area is 180 Å². The Morgan fingerprint density at radius 1 is 0.903 bits per heavy atom. The van der Waals surface area contributed by atoms with Gasteiger partial charge in [-0.15, -0.1) is 0 Å². The zero-order valence-corrected chi connectivity index (χ0v) is 17.3. The first-order valence-electron chi connectivity index (χ1n) is 10.1. The van der Waals surface area contributed by atoms with Crippen LogP contribution in [0.2, 0.25) is 0 Å². The van der Waals surface area contributed by atoms with Gasteiger partial charge in [-0.2, -0.15) is 0 Å². The number of nitrogens with zero attached hydrogens (tertiary/aromatic N) is 1. The number of hydrogen-bond acceptors (Lipinski definition) is 4. The molecular formula is C25H22N2O4. The number of hydrogen-bond donors (Lipinski definition) is 1. The minimum Gasteiger partial charge on any atom is -0.457 e. The second-order valence-corrected chi connectivity index (χ2v) is 7.42. The van der Waals surface area contributed by atoms with Crippen molar-refractivity contribution in [3.05, 3.63) is 83.9 Å². The number of carbonyl (C=O) groups excluding carboxylic acids is 3. The topological polar surface area (TPSA) is 75.7 Å². The average Bonchev–Trinajstić information content (AvgIpc) is 3.03. The molecule has 0 spiro atoms. The molecule has 1 aliphatic heterocycles. The van der Waals surface area contributed by atoms with Crippen molar-refractivity contribution in [3.8, 4) is 11.5 Å². The highest BCUT2D eigenvalue weighted by molar-refractivity contribution is 6.34. The number of nitrogens with one attached hydrogen (secondary N) is 1. The van der Waals surface area contributed by atoms with Gasteiger partial charge in [0.25, 0.3) is 11.8 Å². The Morgan fingerprint density at radius 3 is 2.35 bits per heavy atom. The van der Waals surface area contributed by atoms with E-state index in [2.05, 4.69) is 5.32 Å². The molecule has 156 valence electrons. The first-order chi connectivity index (χ1) is 15.0. The van der Waals surface area contributed by atoms with E-state index < -0.39 is 0 Å². The monoisotopic (exact) mass is 414 g/mol. The zero-order chi connectivity index (χ0) is 22.0. The van der Waals surface area contributed by atoms with E-state index in [4.69, 9.17) is 4.74 Å². The zero-order valence-electron chi connectivity index (χ0n) is 17.3. The van der Waals surface area contributed by atoms with Crippen LogP contribution in [0, 0.1) is 5.92 Å². The predicted octanol–water partition coefficient (Wildman–Crippen LogP) is 5.26. The Bertz CT molecular complexity index is 1160. The van der Waals surface area contributed by atoms with Gasteiger partial charge in [-0.3, -0.25) is 14.4 Å². The van der Waals surface area contributed by atoms with Crippen molar-refractivity contribution in [2.75, 3.05) is 10.2 Å². The van der Waals surface area contributed by atoms with Gasteiger partial charge in [-0.05, 0) is 48.9 Å². The van der Waals surface area contributed by atoms with Gasteiger partial charge in [0.1, 0.15) is 11.5 Å². The van der Waals surface area contributed by atoms with E-state index >= 15 is 0 Å². The van der Waals surface area contributed by atoms with Gasteiger partial charge in [-0.25, -0.2) is 4.90 Å². The summed E-state index contributed by atoms with van der Waals surface area (Å²) in [6, 6.07) is 20.7. The van der Waals surface area contributed by atoms with Gasteiger partial charge in [0, 0.05) is 17.7 Å². The van der Waals surface area contributed by atoms with Gasteiger partial charge >= 0.3 is 0 Å². The molecule has 4 rings (SSSR count). The molecule has 31 heavy (non-hydrogen) atoms. The third-order valence-electron chi connectivity index (χ3n) is 5.27. The Morgan fingerprint density at radius 2 is 1.61 bits per heavy atom. The Kier molecular flexibility index (Phi) is 5.54. The summed E-state index contributed by atoms with van der Waals surface area (Å²) in [6.07, 6.45) is 0.754. The van der Waals surface area contributed by atoms with E-state index in [0.29, 0.717) is 34.0 Å². The fourth-order valence-electron chi connectivity index (χ4n) is 3.32. The maximum atomic E-state index is 12.9. The van der Waals surface area contributed by atoms with Gasteiger partial charge in [0.05, 0.1) is 16.8 Å². The van der Waals surface area contributed by atoms with E-state index in [1.807, 2.05) is 19.9 Å². The average molecular weight is 414 g/mol. The lowest BCUT2D eigenvalue weighted by atomic mass is 10.1. The number of para-hydroxylation sites is 1. The summed E-state index contributed by atoms with van der Waals surface area (Å²) in [7, 11) is 0. The highest BCUT2D eigenvalue weighted by Gasteiger charge is 2.36. The standard InChI is InChI=1S/C25H22N2O4/c1-3-16(2)23(28)26-17-8-7-11-19(14-17)31-20-12-13-21-22(15-20)25(30)27(24(21)29)18-9-5-4-6-10-18/h4-16H,3H2,1-2H3,(H,26,28)/t16-/m0/s1. The van der Waals surface area contributed by atoms with Crippen molar-refractivity contribution >= 4 is 29.1 Å². The van der Waals surface area contributed by atoms with E-state index in [-0.39, 0.29) is 23.6 Å². The SMILES string of the molecule is CC[C@H](C)C(=O)Nc1cccc(Oc2ccc3c(c2)C(=O)N(c2ccccc2)C3=O)c1. The molecule has 0 bridgehead atoms. The van der Waals surface area contributed by atoms with Crippen molar-refractivity contribution in [3.63, 3.8) is 0 Å². The lowest BCUT2D eigenvalue weighted by Gasteiger charge is -2.13. The molecule has 3 aromatic carbocycles. The summed E-state index contributed by atoms with van der Waals surface area (Å²) in [5.74, 6) is 0.0669. The fraction of sp³-hybridized carbons (Fsp3) is 0.160. The van der Waals surface area contributed by atoms with Crippen LogP contribution in [0.25, 0.3) is 0 Å². The third-order valence-corrected chi connectivity index (χ3v) is 5.27. The number of amides is 3. The highest BCUT2D eigenvalue weighted by Crippen LogP contribution is 2.32. The van der Waals surface area contributed by atoms with Gasteiger partial charge in [0.2, 0.25) is 5.91 Å². The number of carbonyl (C=O) groups is 3. The molecule has 0 unspecified atom stereocenters. The van der Waals surface area contributed by atoms with E-state index in [9.17, 15) is 14.4 Å². The van der Waals surface area contributed by atoms with Gasteiger partial charge in [-0.1, -0.05) is 38.1 Å². The molecule has 0 saturated carbocycles. The molecule has 1 heterocycles. The van der Waals surface area contributed by atoms with Crippen LogP contribution < -0.4 is 15.0 Å². The van der Waals surface area contributed by atoms with Crippen LogP contribution in [0.1, 0.15) is 41.0 Å². The van der Waals surface area contributed by atoms with E-state index in [1.165, 1.54) is 4.90 Å². The number of rotatable bonds is 6. The molecule has 1 N–H and O–H groups in total. The lowest BCUT2D eigenvalue weighted by Crippen LogP contribution is -2.29. The molecule has 0 radical (unpaired) electrons. The van der Waals surface area contributed by atoms with Crippen LogP contribution in [0.15, 0.2) is 72.8 Å². The Balaban J connectivity index is 1.55. The summed E-state index contributed by atoms with van der Waals surface area (Å²) in [4.78, 5) is 38.9. The molecule has 1 atom stereocenters. The molecule has 3 amide bonds. The molecule has 3 aromatic rings. The largest absolute Gasteiger partial charge is 0.457 e. The van der Waals surface area contributed by atoms with E-state index in [0.717, 1.165) is 6.42 Å². The minimum atomic E-state index is -0.383. The smallest absolute Gasteiger partial charge is 0.266 e. The fourth-order valence-corrected chi connectivity index (χ4v) is 3.32. The quantitative estimate of drug-likeness (QED) is 0.558. The molecule has 1 aliphatic rings. The first-order valence-corrected chi connectivity index (χ1v) is 10.1. The van der Waals surface area contributed by atoms with Crippen molar-refractivity contribution in [1.29, 1.82) is 0 Å². The minimum absolute atomic E-state index is 0.0534. The van der Waals surface area contributed by atoms with Crippen LogP contribution >= 0.6 is 0 Å². The molecule has 0 saturated heterocycles. The maximum Gasteiger partial charge on any atom is 0.266 e. The van der Waals surface area contributed by atoms with Crippen LogP contribution in [-0.2, 0) is 4.79 Å². The number of ether oxygens (including phenoxy) is 1. The summed E-state index contributed by atoms with van der Waals surface area (Å²) >= 11 is 0. The number of benzene rings is 3. The van der Waals surface area contributed by atoms with Gasteiger partial charge < -0.3 is 10.1 Å². The van der Waals surface area contributed by atoms with Crippen LogP contribution in [0.4, 0.5) is 11.4 Å². The highest BCUT2D eigenvalue weighted by atomic mass is 16.5. The second kappa shape index (κ2) is 8.44. The third kappa shape index (κ3) is 4.05. The summed E-state index contributed by atoms with van der Waals surface area (Å²) in [5, 5.41) is 2.87. The van der Waals surface area contributed by atoms with E-state index in [1.54, 1.807) is 66.7 Å².